The molecule has 0 aliphatic rings. The van der Waals surface area contributed by atoms with E-state index < -0.39 is 12.1 Å². The van der Waals surface area contributed by atoms with E-state index in [2.05, 4.69) is 11.9 Å². The molecule has 0 spiro atoms. The van der Waals surface area contributed by atoms with Gasteiger partial charge in [0.1, 0.15) is 19.3 Å². The Labute approximate surface area is 194 Å². The Morgan fingerprint density at radius 1 is 1.16 bits per heavy atom. The molecule has 0 aliphatic carbocycles. The molecular formula is C24H30N2O5S. The van der Waals surface area contributed by atoms with Crippen LogP contribution in [0, 0.1) is 0 Å². The molecule has 0 fully saturated rings. The predicted octanol–water partition coefficient (Wildman–Crippen LogP) is 3.89. The maximum absolute atomic E-state index is 12.0. The van der Waals surface area contributed by atoms with Crippen LogP contribution in [-0.4, -0.2) is 60.1 Å². The number of aliphatic hydroxyl groups excluding tert-OH is 1. The normalized spacial score (nSPS) is 11.4. The highest BCUT2D eigenvalue weighted by molar-refractivity contribution is 7.80. The van der Waals surface area contributed by atoms with E-state index in [1.165, 1.54) is 7.11 Å². The third kappa shape index (κ3) is 7.25. The van der Waals surface area contributed by atoms with Crippen molar-refractivity contribution in [2.45, 2.75) is 26.0 Å². The van der Waals surface area contributed by atoms with Crippen molar-refractivity contribution in [3.05, 3.63) is 66.7 Å². The molecule has 0 aromatic heterocycles. The Morgan fingerprint density at radius 2 is 1.78 bits per heavy atom. The number of esters is 1. The van der Waals surface area contributed by atoms with E-state index in [0.29, 0.717) is 34.5 Å². The Kier molecular flexibility index (Phi) is 9.97. The lowest BCUT2D eigenvalue weighted by Crippen LogP contribution is -2.45. The first kappa shape index (κ1) is 25.2. The van der Waals surface area contributed by atoms with E-state index in [0.717, 1.165) is 0 Å². The molecule has 0 saturated carbocycles. The molecule has 2 N–H and O–H groups in total. The number of hydrogen-bond donors (Lipinski definition) is 2. The quantitative estimate of drug-likeness (QED) is 0.298. The van der Waals surface area contributed by atoms with Crippen LogP contribution in [0.5, 0.6) is 11.5 Å². The fourth-order valence-corrected chi connectivity index (χ4v) is 3.29. The van der Waals surface area contributed by atoms with E-state index in [4.69, 9.17) is 26.4 Å². The second-order valence-corrected chi connectivity index (χ2v) is 7.61. The van der Waals surface area contributed by atoms with Crippen molar-refractivity contribution in [3.8, 4) is 11.5 Å². The summed E-state index contributed by atoms with van der Waals surface area (Å²) in [4.78, 5) is 13.9. The van der Waals surface area contributed by atoms with Crippen LogP contribution in [0.25, 0.3) is 0 Å². The summed E-state index contributed by atoms with van der Waals surface area (Å²) in [6.07, 6.45) is 0.832. The number of methoxy groups -OCH3 is 1. The molecule has 172 valence electrons. The van der Waals surface area contributed by atoms with Gasteiger partial charge < -0.3 is 29.5 Å². The Bertz CT molecular complexity index is 919. The fraction of sp³-hybridized carbons (Fsp3) is 0.333. The monoisotopic (exact) mass is 458 g/mol. The van der Waals surface area contributed by atoms with Crippen LogP contribution in [0.15, 0.2) is 61.2 Å². The summed E-state index contributed by atoms with van der Waals surface area (Å²) in [6.45, 7) is 8.22. The summed E-state index contributed by atoms with van der Waals surface area (Å²) in [5, 5.41) is 14.1. The molecule has 2 aromatic rings. The van der Waals surface area contributed by atoms with Gasteiger partial charge in [0.15, 0.2) is 16.6 Å². The number of aliphatic hydroxyl groups is 1. The number of nitrogens with zero attached hydrogens (tertiary/aromatic N) is 1. The minimum atomic E-state index is -0.819. The Morgan fingerprint density at radius 3 is 2.41 bits per heavy atom. The number of hydrogen-bond acceptors (Lipinski definition) is 6. The number of anilines is 1. The van der Waals surface area contributed by atoms with Gasteiger partial charge in [-0.25, -0.2) is 4.79 Å². The Hall–Kier alpha value is -3.10. The van der Waals surface area contributed by atoms with E-state index in [9.17, 15) is 9.90 Å². The minimum Gasteiger partial charge on any atom is -0.487 e. The number of carbonyl (C=O) groups is 1. The summed E-state index contributed by atoms with van der Waals surface area (Å²) in [7, 11) is 1.33. The molecule has 0 saturated heterocycles. The lowest BCUT2D eigenvalue weighted by Gasteiger charge is -2.31. The number of benzene rings is 2. The molecule has 0 amide bonds. The molecule has 7 nitrogen and oxygen atoms in total. The second-order valence-electron chi connectivity index (χ2n) is 7.22. The van der Waals surface area contributed by atoms with Gasteiger partial charge in [0.05, 0.1) is 18.4 Å². The van der Waals surface area contributed by atoms with E-state index in [1.807, 2.05) is 30.9 Å². The average molecular weight is 459 g/mol. The zero-order valence-corrected chi connectivity index (χ0v) is 19.4. The molecule has 0 aliphatic heterocycles. The van der Waals surface area contributed by atoms with Crippen LogP contribution in [-0.2, 0) is 4.74 Å². The lowest BCUT2D eigenvalue weighted by atomic mass is 10.2. The summed E-state index contributed by atoms with van der Waals surface area (Å²) in [5.41, 5.74) is 0.912. The van der Waals surface area contributed by atoms with Gasteiger partial charge in [-0.2, -0.15) is 0 Å². The lowest BCUT2D eigenvalue weighted by molar-refractivity contribution is 0.0601. The molecule has 1 atom stereocenters. The van der Waals surface area contributed by atoms with Crippen LogP contribution < -0.4 is 14.8 Å². The molecular weight excluding hydrogens is 428 g/mol. The first-order valence-electron chi connectivity index (χ1n) is 10.3. The number of para-hydroxylation sites is 3. The van der Waals surface area contributed by atoms with Gasteiger partial charge in [-0.3, -0.25) is 0 Å². The third-order valence-corrected chi connectivity index (χ3v) is 4.84. The number of ether oxygens (including phenoxy) is 3. The highest BCUT2D eigenvalue weighted by atomic mass is 32.1. The van der Waals surface area contributed by atoms with Crippen molar-refractivity contribution in [2.24, 2.45) is 0 Å². The smallest absolute Gasteiger partial charge is 0.339 e. The number of rotatable bonds is 11. The summed E-state index contributed by atoms with van der Waals surface area (Å²) in [6, 6.07) is 14.2. The fourth-order valence-electron chi connectivity index (χ4n) is 2.90. The molecule has 0 radical (unpaired) electrons. The molecule has 0 bridgehead atoms. The standard InChI is InChI=1S/C24H30N2O5S/c1-5-14-30-21-12-8-9-13-22(21)31-16-18(27)15-26(17(2)3)24(32)25-20-11-7-6-10-19(20)23(28)29-4/h5-13,17-18,27H,1,14-16H2,2-4H3,(H,25,32). The Balaban J connectivity index is 2.02. The highest BCUT2D eigenvalue weighted by Gasteiger charge is 2.20. The van der Waals surface area contributed by atoms with Gasteiger partial charge in [0.2, 0.25) is 0 Å². The third-order valence-electron chi connectivity index (χ3n) is 4.50. The molecule has 2 aromatic carbocycles. The van der Waals surface area contributed by atoms with Crippen molar-refractivity contribution >= 4 is 29.0 Å². The molecule has 1 unspecified atom stereocenters. The SMILES string of the molecule is C=CCOc1ccccc1OCC(O)CN(C(=S)Nc1ccccc1C(=O)OC)C(C)C. The number of nitrogens with one attached hydrogen (secondary N) is 1. The molecule has 0 heterocycles. The van der Waals surface area contributed by atoms with Crippen molar-refractivity contribution in [1.82, 2.24) is 4.90 Å². The highest BCUT2D eigenvalue weighted by Crippen LogP contribution is 2.26. The van der Waals surface area contributed by atoms with Crippen LogP contribution in [0.1, 0.15) is 24.2 Å². The summed E-state index contributed by atoms with van der Waals surface area (Å²) < 4.78 is 16.2. The first-order valence-corrected chi connectivity index (χ1v) is 10.7. The summed E-state index contributed by atoms with van der Waals surface area (Å²) >= 11 is 5.56. The topological polar surface area (TPSA) is 80.3 Å². The van der Waals surface area contributed by atoms with Crippen molar-refractivity contribution in [2.75, 3.05) is 32.2 Å². The molecule has 8 heteroatoms. The predicted molar refractivity (Wildman–Crippen MR) is 129 cm³/mol. The van der Waals surface area contributed by atoms with Crippen LogP contribution in [0.2, 0.25) is 0 Å². The van der Waals surface area contributed by atoms with Crippen LogP contribution in [0.3, 0.4) is 0 Å². The zero-order valence-electron chi connectivity index (χ0n) is 18.6. The van der Waals surface area contributed by atoms with Gasteiger partial charge in [0, 0.05) is 12.6 Å². The average Bonchev–Trinajstić information content (AvgIpc) is 2.79. The van der Waals surface area contributed by atoms with Crippen molar-refractivity contribution in [1.29, 1.82) is 0 Å². The van der Waals surface area contributed by atoms with Crippen LogP contribution in [0.4, 0.5) is 5.69 Å². The number of carbonyl (C=O) groups excluding carboxylic acids is 1. The van der Waals surface area contributed by atoms with Gasteiger partial charge in [-0.1, -0.05) is 36.9 Å². The maximum atomic E-state index is 12.0. The maximum Gasteiger partial charge on any atom is 0.339 e. The largest absolute Gasteiger partial charge is 0.487 e. The van der Waals surface area contributed by atoms with Gasteiger partial charge in [-0.15, -0.1) is 0 Å². The zero-order chi connectivity index (χ0) is 23.5. The van der Waals surface area contributed by atoms with E-state index in [1.54, 1.807) is 42.5 Å². The van der Waals surface area contributed by atoms with Gasteiger partial charge in [0.25, 0.3) is 0 Å². The number of thiocarbonyl (C=S) groups is 1. The van der Waals surface area contributed by atoms with Gasteiger partial charge >= 0.3 is 5.97 Å². The van der Waals surface area contributed by atoms with Crippen LogP contribution >= 0.6 is 12.2 Å². The van der Waals surface area contributed by atoms with Crippen molar-refractivity contribution < 1.29 is 24.1 Å². The van der Waals surface area contributed by atoms with E-state index >= 15 is 0 Å². The van der Waals surface area contributed by atoms with Crippen molar-refractivity contribution in [3.63, 3.8) is 0 Å². The summed E-state index contributed by atoms with van der Waals surface area (Å²) in [5.74, 6) is 0.659. The first-order chi connectivity index (χ1) is 15.4. The second kappa shape index (κ2) is 12.7. The van der Waals surface area contributed by atoms with Gasteiger partial charge in [-0.05, 0) is 50.3 Å². The minimum absolute atomic E-state index is 0.00171. The van der Waals surface area contributed by atoms with E-state index in [-0.39, 0.29) is 19.2 Å². The molecule has 2 rings (SSSR count). The molecule has 32 heavy (non-hydrogen) atoms.